The summed E-state index contributed by atoms with van der Waals surface area (Å²) < 4.78 is 5.08. The highest BCUT2D eigenvalue weighted by Crippen LogP contribution is 2.45. The van der Waals surface area contributed by atoms with Gasteiger partial charge in [-0.05, 0) is 51.3 Å². The second kappa shape index (κ2) is 8.85. The molecule has 1 fully saturated rings. The maximum absolute atomic E-state index is 12.4. The molecule has 0 bridgehead atoms. The van der Waals surface area contributed by atoms with Crippen molar-refractivity contribution in [2.45, 2.75) is 51.0 Å². The van der Waals surface area contributed by atoms with Gasteiger partial charge in [0.2, 0.25) is 5.95 Å². The molecule has 4 rings (SSSR count). The van der Waals surface area contributed by atoms with Crippen LogP contribution in [-0.2, 0) is 14.9 Å². The lowest BCUT2D eigenvalue weighted by atomic mass is 9.64. The van der Waals surface area contributed by atoms with Crippen molar-refractivity contribution in [3.05, 3.63) is 66.2 Å². The molecule has 0 spiro atoms. The highest BCUT2D eigenvalue weighted by Gasteiger charge is 2.46. The molecule has 0 unspecified atom stereocenters. The average Bonchev–Trinajstić information content (AvgIpc) is 2.78. The molecular formula is C27H32N4O2. The molecule has 3 aromatic rings. The van der Waals surface area contributed by atoms with Gasteiger partial charge in [0.1, 0.15) is 5.82 Å². The largest absolute Gasteiger partial charge is 0.468 e. The van der Waals surface area contributed by atoms with E-state index in [9.17, 15) is 4.79 Å². The van der Waals surface area contributed by atoms with Crippen molar-refractivity contribution in [3.63, 3.8) is 0 Å². The Hall–Kier alpha value is -3.41. The fourth-order valence-electron chi connectivity index (χ4n) is 4.06. The number of carbonyl (C=O) groups excluding carboxylic acids is 1. The van der Waals surface area contributed by atoms with Gasteiger partial charge in [-0.25, -0.2) is 4.98 Å². The minimum atomic E-state index is -0.495. The predicted molar refractivity (Wildman–Crippen MR) is 133 cm³/mol. The third-order valence-electron chi connectivity index (χ3n) is 6.58. The minimum Gasteiger partial charge on any atom is -0.468 e. The molecule has 0 amide bonds. The van der Waals surface area contributed by atoms with E-state index in [4.69, 9.17) is 14.7 Å². The van der Waals surface area contributed by atoms with Crippen LogP contribution in [0.25, 0.3) is 11.3 Å². The SMILES string of the molecule is COC(=O)C1(c2ccc(Nc3cc(-c4ccccc4)nc(N(C)C(C)(C)C)n3)cc2)CCC1. The molecule has 1 aliphatic rings. The first-order valence-corrected chi connectivity index (χ1v) is 11.4. The Morgan fingerprint density at radius 2 is 1.70 bits per heavy atom. The summed E-state index contributed by atoms with van der Waals surface area (Å²) in [6, 6.07) is 20.1. The van der Waals surface area contributed by atoms with Crippen LogP contribution in [0.4, 0.5) is 17.5 Å². The Labute approximate surface area is 196 Å². The van der Waals surface area contributed by atoms with Crippen LogP contribution < -0.4 is 10.2 Å². The van der Waals surface area contributed by atoms with Gasteiger partial charge in [0, 0.05) is 29.9 Å². The quantitative estimate of drug-likeness (QED) is 0.491. The number of anilines is 3. The van der Waals surface area contributed by atoms with E-state index in [1.165, 1.54) is 7.11 Å². The monoisotopic (exact) mass is 444 g/mol. The number of hydrogen-bond donors (Lipinski definition) is 1. The molecule has 172 valence electrons. The van der Waals surface area contributed by atoms with Gasteiger partial charge >= 0.3 is 5.97 Å². The van der Waals surface area contributed by atoms with Crippen molar-refractivity contribution in [1.29, 1.82) is 0 Å². The van der Waals surface area contributed by atoms with Crippen LogP contribution >= 0.6 is 0 Å². The van der Waals surface area contributed by atoms with Crippen LogP contribution in [0.2, 0.25) is 0 Å². The lowest BCUT2D eigenvalue weighted by molar-refractivity contribution is -0.151. The molecule has 0 radical (unpaired) electrons. The third kappa shape index (κ3) is 4.56. The summed E-state index contributed by atoms with van der Waals surface area (Å²) in [5, 5.41) is 3.42. The molecule has 0 aliphatic heterocycles. The molecule has 1 saturated carbocycles. The van der Waals surface area contributed by atoms with Gasteiger partial charge in [-0.2, -0.15) is 4.98 Å². The third-order valence-corrected chi connectivity index (χ3v) is 6.58. The molecule has 1 heterocycles. The summed E-state index contributed by atoms with van der Waals surface area (Å²) in [6.07, 6.45) is 2.71. The summed E-state index contributed by atoms with van der Waals surface area (Å²) in [7, 11) is 3.47. The number of nitrogens with zero attached hydrogens (tertiary/aromatic N) is 3. The number of carbonyl (C=O) groups is 1. The van der Waals surface area contributed by atoms with Gasteiger partial charge < -0.3 is 15.0 Å². The summed E-state index contributed by atoms with van der Waals surface area (Å²) in [4.78, 5) is 24.1. The van der Waals surface area contributed by atoms with Crippen LogP contribution in [0.1, 0.15) is 45.6 Å². The first-order valence-electron chi connectivity index (χ1n) is 11.4. The number of hydrogen-bond acceptors (Lipinski definition) is 6. The van der Waals surface area contributed by atoms with Crippen LogP contribution in [0.3, 0.4) is 0 Å². The van der Waals surface area contributed by atoms with Crippen molar-refractivity contribution in [1.82, 2.24) is 9.97 Å². The molecule has 6 heteroatoms. The molecule has 0 saturated heterocycles. The van der Waals surface area contributed by atoms with Crippen LogP contribution in [0, 0.1) is 0 Å². The number of aromatic nitrogens is 2. The number of benzene rings is 2. The van der Waals surface area contributed by atoms with Gasteiger partial charge in [-0.1, -0.05) is 48.9 Å². The Morgan fingerprint density at radius 3 is 2.24 bits per heavy atom. The van der Waals surface area contributed by atoms with Gasteiger partial charge in [0.15, 0.2) is 0 Å². The van der Waals surface area contributed by atoms with Gasteiger partial charge in [0.05, 0.1) is 18.2 Å². The van der Waals surface area contributed by atoms with Crippen molar-refractivity contribution in [2.75, 3.05) is 24.4 Å². The van der Waals surface area contributed by atoms with E-state index in [1.54, 1.807) is 0 Å². The fourth-order valence-corrected chi connectivity index (χ4v) is 4.06. The van der Waals surface area contributed by atoms with E-state index in [0.717, 1.165) is 41.8 Å². The minimum absolute atomic E-state index is 0.126. The Kier molecular flexibility index (Phi) is 6.11. The van der Waals surface area contributed by atoms with Crippen LogP contribution in [-0.4, -0.2) is 35.6 Å². The smallest absolute Gasteiger partial charge is 0.316 e. The van der Waals surface area contributed by atoms with Gasteiger partial charge in [0.25, 0.3) is 0 Å². The second-order valence-electron chi connectivity index (χ2n) is 9.66. The van der Waals surface area contributed by atoms with E-state index in [1.807, 2.05) is 67.7 Å². The topological polar surface area (TPSA) is 67.3 Å². The summed E-state index contributed by atoms with van der Waals surface area (Å²) in [5.41, 5.74) is 3.18. The molecule has 1 aliphatic carbocycles. The van der Waals surface area contributed by atoms with Gasteiger partial charge in [-0.15, -0.1) is 0 Å². The van der Waals surface area contributed by atoms with E-state index >= 15 is 0 Å². The first kappa shape index (κ1) is 22.8. The number of esters is 1. The second-order valence-corrected chi connectivity index (χ2v) is 9.66. The molecule has 6 nitrogen and oxygen atoms in total. The lowest BCUT2D eigenvalue weighted by Gasteiger charge is -2.39. The van der Waals surface area contributed by atoms with Crippen molar-refractivity contribution in [2.24, 2.45) is 0 Å². The van der Waals surface area contributed by atoms with Crippen molar-refractivity contribution < 1.29 is 9.53 Å². The number of rotatable bonds is 6. The van der Waals surface area contributed by atoms with E-state index in [-0.39, 0.29) is 11.5 Å². The van der Waals surface area contributed by atoms with Crippen molar-refractivity contribution >= 4 is 23.4 Å². The zero-order valence-electron chi connectivity index (χ0n) is 20.1. The number of methoxy groups -OCH3 is 1. The van der Waals surface area contributed by atoms with Crippen molar-refractivity contribution in [3.8, 4) is 11.3 Å². The molecule has 1 aromatic heterocycles. The summed E-state index contributed by atoms with van der Waals surface area (Å²) >= 11 is 0. The van der Waals surface area contributed by atoms with E-state index in [2.05, 4.69) is 31.0 Å². The zero-order chi connectivity index (χ0) is 23.6. The van der Waals surface area contributed by atoms with E-state index < -0.39 is 5.41 Å². The lowest BCUT2D eigenvalue weighted by Crippen LogP contribution is -2.43. The van der Waals surface area contributed by atoms with Crippen LogP contribution in [0.5, 0.6) is 0 Å². The fraction of sp³-hybridized carbons (Fsp3) is 0.370. The predicted octanol–water partition coefficient (Wildman–Crippen LogP) is 5.72. The Morgan fingerprint density at radius 1 is 1.03 bits per heavy atom. The molecule has 33 heavy (non-hydrogen) atoms. The zero-order valence-corrected chi connectivity index (χ0v) is 20.1. The highest BCUT2D eigenvalue weighted by molar-refractivity contribution is 5.84. The Balaban J connectivity index is 1.65. The summed E-state index contributed by atoms with van der Waals surface area (Å²) in [5.74, 6) is 1.23. The number of ether oxygens (including phenoxy) is 1. The normalized spacial score (nSPS) is 14.8. The van der Waals surface area contributed by atoms with Crippen LogP contribution in [0.15, 0.2) is 60.7 Å². The molecule has 2 aromatic carbocycles. The summed E-state index contributed by atoms with van der Waals surface area (Å²) in [6.45, 7) is 6.40. The molecule has 0 atom stereocenters. The molecule has 1 N–H and O–H groups in total. The maximum atomic E-state index is 12.4. The highest BCUT2D eigenvalue weighted by atomic mass is 16.5. The Bertz CT molecular complexity index is 1120. The van der Waals surface area contributed by atoms with E-state index in [0.29, 0.717) is 11.8 Å². The molecular weight excluding hydrogens is 412 g/mol. The van der Waals surface area contributed by atoms with Gasteiger partial charge in [-0.3, -0.25) is 4.79 Å². The number of nitrogens with one attached hydrogen (secondary N) is 1. The average molecular weight is 445 g/mol. The standard InChI is InChI=1S/C27H32N4O2/c1-26(2,3)31(4)25-29-22(19-10-7-6-8-11-19)18-23(30-25)28-21-14-12-20(13-15-21)27(16-9-17-27)24(32)33-5/h6-8,10-15,18H,9,16-17H2,1-5H3,(H,28,29,30). The first-order chi connectivity index (χ1) is 15.7. The maximum Gasteiger partial charge on any atom is 0.316 e.